The lowest BCUT2D eigenvalue weighted by Crippen LogP contribution is -2.23. The van der Waals surface area contributed by atoms with Crippen LogP contribution >= 0.6 is 0 Å². The van der Waals surface area contributed by atoms with Gasteiger partial charge in [-0.05, 0) is 19.3 Å². The van der Waals surface area contributed by atoms with Gasteiger partial charge >= 0.3 is 0 Å². The number of hydrogen-bond donors (Lipinski definition) is 2. The van der Waals surface area contributed by atoms with E-state index in [0.717, 1.165) is 19.4 Å². The van der Waals surface area contributed by atoms with Gasteiger partial charge < -0.3 is 11.1 Å². The fourth-order valence-corrected chi connectivity index (χ4v) is 0.938. The molecule has 0 radical (unpaired) electrons. The lowest BCUT2D eigenvalue weighted by molar-refractivity contribution is -0.122. The molecule has 0 spiro atoms. The molecule has 76 valence electrons. The summed E-state index contributed by atoms with van der Waals surface area (Å²) < 4.78 is 0. The van der Waals surface area contributed by atoms with E-state index in [9.17, 15) is 9.59 Å². The Morgan fingerprint density at radius 1 is 1.23 bits per heavy atom. The van der Waals surface area contributed by atoms with Gasteiger partial charge in [0, 0.05) is 19.4 Å². The molecule has 0 rings (SSSR count). The number of carbonyl (C=O) groups excluding carboxylic acids is 2. The summed E-state index contributed by atoms with van der Waals surface area (Å²) in [5.74, 6) is -0.236. The van der Waals surface area contributed by atoms with Crippen LogP contribution in [0.4, 0.5) is 0 Å². The van der Waals surface area contributed by atoms with E-state index in [0.29, 0.717) is 19.3 Å². The predicted molar refractivity (Wildman–Crippen MR) is 51.0 cm³/mol. The molecule has 4 nitrogen and oxygen atoms in total. The van der Waals surface area contributed by atoms with Crippen molar-refractivity contribution in [3.63, 3.8) is 0 Å². The molecule has 0 unspecified atom stereocenters. The van der Waals surface area contributed by atoms with Gasteiger partial charge in [-0.3, -0.25) is 9.59 Å². The molecule has 0 fully saturated rings. The number of unbranched alkanes of at least 4 members (excludes halogenated alkanes) is 1. The van der Waals surface area contributed by atoms with Crippen LogP contribution in [-0.2, 0) is 9.59 Å². The van der Waals surface area contributed by atoms with Gasteiger partial charge in [-0.15, -0.1) is 0 Å². The van der Waals surface area contributed by atoms with Gasteiger partial charge in [-0.2, -0.15) is 0 Å². The van der Waals surface area contributed by atoms with Crippen molar-refractivity contribution >= 4 is 11.8 Å². The Morgan fingerprint density at radius 3 is 2.38 bits per heavy atom. The third-order valence-corrected chi connectivity index (χ3v) is 1.65. The molecule has 0 aromatic carbocycles. The quantitative estimate of drug-likeness (QED) is 0.570. The van der Waals surface area contributed by atoms with Crippen molar-refractivity contribution in [3.8, 4) is 0 Å². The Morgan fingerprint density at radius 2 is 1.85 bits per heavy atom. The monoisotopic (exact) mass is 186 g/mol. The molecule has 0 saturated heterocycles. The number of nitrogens with one attached hydrogen (secondary N) is 1. The maximum Gasteiger partial charge on any atom is 0.219 e. The summed E-state index contributed by atoms with van der Waals surface area (Å²) in [5, 5.41) is 2.77. The third kappa shape index (κ3) is 8.85. The number of primary amides is 1. The zero-order valence-electron chi connectivity index (χ0n) is 8.14. The number of hydrogen-bond acceptors (Lipinski definition) is 2. The lowest BCUT2D eigenvalue weighted by atomic mass is 10.2. The Bertz CT molecular complexity index is 169. The molecule has 13 heavy (non-hydrogen) atoms. The fraction of sp³-hybridized carbons (Fsp3) is 0.778. The van der Waals surface area contributed by atoms with Crippen molar-refractivity contribution in [2.24, 2.45) is 5.73 Å². The van der Waals surface area contributed by atoms with Gasteiger partial charge in [0.1, 0.15) is 0 Å². The molecule has 0 aromatic heterocycles. The average Bonchev–Trinajstić information content (AvgIpc) is 2.08. The highest BCUT2D eigenvalue weighted by molar-refractivity contribution is 5.76. The summed E-state index contributed by atoms with van der Waals surface area (Å²) in [7, 11) is 0. The molecule has 0 aliphatic carbocycles. The molecule has 0 aliphatic heterocycles. The number of rotatable bonds is 7. The van der Waals surface area contributed by atoms with Crippen LogP contribution in [0.1, 0.15) is 39.0 Å². The molecule has 0 atom stereocenters. The smallest absolute Gasteiger partial charge is 0.219 e. The largest absolute Gasteiger partial charge is 0.370 e. The van der Waals surface area contributed by atoms with Crippen LogP contribution in [0.5, 0.6) is 0 Å². The molecule has 0 aromatic rings. The first kappa shape index (κ1) is 11.9. The molecule has 0 saturated carbocycles. The van der Waals surface area contributed by atoms with E-state index in [1.807, 2.05) is 6.92 Å². The summed E-state index contributed by atoms with van der Waals surface area (Å²) in [4.78, 5) is 21.4. The molecular formula is C9H18N2O2. The Hall–Kier alpha value is -1.06. The van der Waals surface area contributed by atoms with Crippen molar-refractivity contribution in [3.05, 3.63) is 0 Å². The molecule has 0 heterocycles. The maximum atomic E-state index is 11.0. The first-order valence-corrected chi connectivity index (χ1v) is 4.71. The van der Waals surface area contributed by atoms with Crippen LogP contribution in [0, 0.1) is 0 Å². The minimum Gasteiger partial charge on any atom is -0.370 e. The highest BCUT2D eigenvalue weighted by Gasteiger charge is 2.00. The highest BCUT2D eigenvalue weighted by Crippen LogP contribution is 1.98. The van der Waals surface area contributed by atoms with E-state index in [-0.39, 0.29) is 11.8 Å². The van der Waals surface area contributed by atoms with Crippen LogP contribution < -0.4 is 11.1 Å². The first-order chi connectivity index (χ1) is 6.16. The van der Waals surface area contributed by atoms with E-state index >= 15 is 0 Å². The van der Waals surface area contributed by atoms with Gasteiger partial charge in [-0.1, -0.05) is 6.92 Å². The normalized spacial score (nSPS) is 9.62. The van der Waals surface area contributed by atoms with E-state index in [1.54, 1.807) is 0 Å². The Balaban J connectivity index is 3.22. The third-order valence-electron chi connectivity index (χ3n) is 1.65. The zero-order chi connectivity index (χ0) is 10.1. The van der Waals surface area contributed by atoms with Crippen LogP contribution in [0.15, 0.2) is 0 Å². The van der Waals surface area contributed by atoms with Gasteiger partial charge in [0.05, 0.1) is 0 Å². The predicted octanol–water partition coefficient (Wildman–Crippen LogP) is 0.558. The first-order valence-electron chi connectivity index (χ1n) is 4.71. The SMILES string of the molecule is CCCNC(=O)CCCCC(N)=O. The van der Waals surface area contributed by atoms with Gasteiger partial charge in [0.15, 0.2) is 0 Å². The van der Waals surface area contributed by atoms with E-state index < -0.39 is 0 Å². The van der Waals surface area contributed by atoms with Crippen molar-refractivity contribution in [2.75, 3.05) is 6.54 Å². The van der Waals surface area contributed by atoms with Crippen LogP contribution in [0.3, 0.4) is 0 Å². The average molecular weight is 186 g/mol. The van der Waals surface area contributed by atoms with Crippen LogP contribution in [0.2, 0.25) is 0 Å². The zero-order valence-corrected chi connectivity index (χ0v) is 8.14. The highest BCUT2D eigenvalue weighted by atomic mass is 16.1. The van der Waals surface area contributed by atoms with E-state index in [2.05, 4.69) is 5.32 Å². The molecule has 0 aliphatic rings. The van der Waals surface area contributed by atoms with Crippen molar-refractivity contribution in [1.82, 2.24) is 5.32 Å². The summed E-state index contributed by atoms with van der Waals surface area (Å²) >= 11 is 0. The topological polar surface area (TPSA) is 72.2 Å². The molecular weight excluding hydrogens is 168 g/mol. The molecule has 3 N–H and O–H groups in total. The Labute approximate surface area is 78.9 Å². The number of nitrogens with two attached hydrogens (primary N) is 1. The van der Waals surface area contributed by atoms with Crippen molar-refractivity contribution in [1.29, 1.82) is 0 Å². The van der Waals surface area contributed by atoms with Crippen molar-refractivity contribution < 1.29 is 9.59 Å². The second-order valence-electron chi connectivity index (χ2n) is 3.02. The minimum absolute atomic E-state index is 0.0614. The van der Waals surface area contributed by atoms with Crippen LogP contribution in [-0.4, -0.2) is 18.4 Å². The standard InChI is InChI=1S/C9H18N2O2/c1-2-7-11-9(13)6-4-3-5-8(10)12/h2-7H2,1H3,(H2,10,12)(H,11,13). The van der Waals surface area contributed by atoms with E-state index in [1.165, 1.54) is 0 Å². The van der Waals surface area contributed by atoms with Crippen LogP contribution in [0.25, 0.3) is 0 Å². The summed E-state index contributed by atoms with van der Waals surface area (Å²) in [6, 6.07) is 0. The maximum absolute atomic E-state index is 11.0. The number of amides is 2. The summed E-state index contributed by atoms with van der Waals surface area (Å²) in [6.07, 6.45) is 3.26. The minimum atomic E-state index is -0.297. The number of carbonyl (C=O) groups is 2. The second-order valence-corrected chi connectivity index (χ2v) is 3.02. The van der Waals surface area contributed by atoms with Gasteiger partial charge in [-0.25, -0.2) is 0 Å². The van der Waals surface area contributed by atoms with Gasteiger partial charge in [0.25, 0.3) is 0 Å². The second kappa shape index (κ2) is 7.58. The summed E-state index contributed by atoms with van der Waals surface area (Å²) in [6.45, 7) is 2.74. The molecule has 2 amide bonds. The molecule has 4 heteroatoms. The lowest BCUT2D eigenvalue weighted by Gasteiger charge is -2.01. The molecule has 0 bridgehead atoms. The van der Waals surface area contributed by atoms with Crippen molar-refractivity contribution in [2.45, 2.75) is 39.0 Å². The van der Waals surface area contributed by atoms with E-state index in [4.69, 9.17) is 5.73 Å². The summed E-state index contributed by atoms with van der Waals surface area (Å²) in [5.41, 5.74) is 4.95. The fourth-order valence-electron chi connectivity index (χ4n) is 0.938. The Kier molecular flexibility index (Phi) is 6.96. The van der Waals surface area contributed by atoms with Gasteiger partial charge in [0.2, 0.25) is 11.8 Å².